The fourth-order valence-electron chi connectivity index (χ4n) is 2.42. The molecule has 0 amide bonds. The first-order chi connectivity index (χ1) is 11.8. The molecule has 0 atom stereocenters. The van der Waals surface area contributed by atoms with Crippen molar-refractivity contribution in [2.24, 2.45) is 10.2 Å². The quantitative estimate of drug-likeness (QED) is 0.689. The number of nitrogens with zero attached hydrogens (tertiary/aromatic N) is 4. The molecule has 2 N–H and O–H groups in total. The first-order valence-corrected chi connectivity index (χ1v) is 7.72. The van der Waals surface area contributed by atoms with Gasteiger partial charge < -0.3 is 10.2 Å². The van der Waals surface area contributed by atoms with Gasteiger partial charge in [-0.3, -0.25) is 4.40 Å². The van der Waals surface area contributed by atoms with Crippen LogP contribution >= 0.6 is 0 Å². The van der Waals surface area contributed by atoms with Crippen molar-refractivity contribution >= 4 is 23.1 Å². The zero-order valence-electron chi connectivity index (χ0n) is 14.1. The molecule has 25 heavy (non-hydrogen) atoms. The molecule has 0 saturated carbocycles. The van der Waals surface area contributed by atoms with E-state index in [4.69, 9.17) is 0 Å². The second-order valence-corrected chi connectivity index (χ2v) is 6.70. The fourth-order valence-corrected chi connectivity index (χ4v) is 2.42. The molecule has 128 valence electrons. The van der Waals surface area contributed by atoms with Gasteiger partial charge in [0.15, 0.2) is 5.82 Å². The van der Waals surface area contributed by atoms with E-state index in [0.717, 1.165) is 0 Å². The molecule has 3 aromatic rings. The summed E-state index contributed by atoms with van der Waals surface area (Å²) >= 11 is 0. The highest BCUT2D eigenvalue weighted by Crippen LogP contribution is 2.33. The summed E-state index contributed by atoms with van der Waals surface area (Å²) in [5, 5.41) is 27.2. The summed E-state index contributed by atoms with van der Waals surface area (Å²) in [7, 11) is 0. The minimum Gasteiger partial charge on any atom is -0.508 e. The van der Waals surface area contributed by atoms with Crippen LogP contribution in [0.3, 0.4) is 0 Å². The lowest BCUT2D eigenvalue weighted by Crippen LogP contribution is -2.11. The Morgan fingerprint density at radius 2 is 1.92 bits per heavy atom. The number of carboxylic acid groups (broad SMARTS) is 1. The van der Waals surface area contributed by atoms with Gasteiger partial charge in [0.25, 0.3) is 0 Å². The summed E-state index contributed by atoms with van der Waals surface area (Å²) in [6.45, 7) is 6.00. The van der Waals surface area contributed by atoms with E-state index in [-0.39, 0.29) is 16.7 Å². The maximum atomic E-state index is 11.3. The molecule has 0 bridgehead atoms. The molecule has 0 spiro atoms. The van der Waals surface area contributed by atoms with Gasteiger partial charge >= 0.3 is 5.97 Å². The Labute approximate surface area is 144 Å². The number of pyridine rings is 1. The molecule has 2 heterocycles. The molecule has 0 saturated heterocycles. The van der Waals surface area contributed by atoms with Gasteiger partial charge in [-0.1, -0.05) is 26.8 Å². The Kier molecular flexibility index (Phi) is 4.00. The third-order valence-corrected chi connectivity index (χ3v) is 3.64. The molecule has 7 nitrogen and oxygen atoms in total. The van der Waals surface area contributed by atoms with Crippen molar-refractivity contribution < 1.29 is 15.0 Å². The van der Waals surface area contributed by atoms with Gasteiger partial charge in [0.2, 0.25) is 0 Å². The number of carbonyl (C=O) groups is 1. The van der Waals surface area contributed by atoms with Crippen molar-refractivity contribution in [3.63, 3.8) is 0 Å². The van der Waals surface area contributed by atoms with Gasteiger partial charge in [-0.05, 0) is 24.3 Å². The lowest BCUT2D eigenvalue weighted by Gasteiger charge is -2.15. The molecular weight excluding hydrogens is 320 g/mol. The zero-order chi connectivity index (χ0) is 18.2. The molecule has 0 aliphatic heterocycles. The lowest BCUT2D eigenvalue weighted by molar-refractivity contribution is 0.0696. The Morgan fingerprint density at radius 1 is 1.16 bits per heavy atom. The van der Waals surface area contributed by atoms with E-state index in [9.17, 15) is 15.0 Å². The summed E-state index contributed by atoms with van der Waals surface area (Å²) in [5.41, 5.74) is 1.63. The summed E-state index contributed by atoms with van der Waals surface area (Å²) in [4.78, 5) is 15.8. The Bertz CT molecular complexity index is 984. The lowest BCUT2D eigenvalue weighted by atomic mass is 9.92. The van der Waals surface area contributed by atoms with E-state index in [2.05, 4.69) is 15.2 Å². The maximum absolute atomic E-state index is 11.3. The topological polar surface area (TPSA) is 99.5 Å². The van der Waals surface area contributed by atoms with Crippen molar-refractivity contribution in [2.45, 2.75) is 26.2 Å². The number of hydrogen-bond acceptors (Lipinski definition) is 5. The maximum Gasteiger partial charge on any atom is 0.337 e. The summed E-state index contributed by atoms with van der Waals surface area (Å²) in [6.07, 6.45) is 1.48. The number of fused-ring (bicyclic) bond motifs is 1. The number of imidazole rings is 1. The van der Waals surface area contributed by atoms with Crippen LogP contribution in [-0.4, -0.2) is 25.6 Å². The Hall–Kier alpha value is -3.22. The Morgan fingerprint density at radius 3 is 2.56 bits per heavy atom. The number of benzene rings is 1. The van der Waals surface area contributed by atoms with E-state index in [0.29, 0.717) is 22.8 Å². The number of aromatic hydroxyl groups is 1. The van der Waals surface area contributed by atoms with Gasteiger partial charge in [0.1, 0.15) is 11.4 Å². The van der Waals surface area contributed by atoms with Crippen LogP contribution in [0.25, 0.3) is 5.65 Å². The van der Waals surface area contributed by atoms with Crippen LogP contribution in [0.5, 0.6) is 5.75 Å². The smallest absolute Gasteiger partial charge is 0.337 e. The standard InChI is InChI=1S/C18H18N4O3/c1-18(2,3)15-16(21-20-12-5-4-6-13(23)9-12)22-10-11(17(24)25)7-8-14(22)19-15/h4-10,23H,1-3H3,(H,24,25). The van der Waals surface area contributed by atoms with Crippen molar-refractivity contribution in [1.29, 1.82) is 0 Å². The number of aromatic nitrogens is 2. The predicted molar refractivity (Wildman–Crippen MR) is 93.1 cm³/mol. The summed E-state index contributed by atoms with van der Waals surface area (Å²) in [6, 6.07) is 9.58. The van der Waals surface area contributed by atoms with Gasteiger partial charge in [-0.15, -0.1) is 10.2 Å². The SMILES string of the molecule is CC(C)(C)c1nc2ccc(C(=O)O)cn2c1N=Nc1cccc(O)c1. The highest BCUT2D eigenvalue weighted by molar-refractivity contribution is 5.87. The van der Waals surface area contributed by atoms with Gasteiger partial charge in [0, 0.05) is 17.7 Å². The second-order valence-electron chi connectivity index (χ2n) is 6.70. The predicted octanol–water partition coefficient (Wildman–Crippen LogP) is 4.45. The molecule has 2 aromatic heterocycles. The Balaban J connectivity index is 2.19. The normalized spacial score (nSPS) is 12.1. The van der Waals surface area contributed by atoms with Crippen molar-refractivity contribution in [1.82, 2.24) is 9.38 Å². The monoisotopic (exact) mass is 338 g/mol. The van der Waals surface area contributed by atoms with Gasteiger partial charge in [-0.25, -0.2) is 9.78 Å². The van der Waals surface area contributed by atoms with E-state index in [1.807, 2.05) is 20.8 Å². The van der Waals surface area contributed by atoms with Crippen LogP contribution in [0.1, 0.15) is 36.8 Å². The average molecular weight is 338 g/mol. The molecule has 0 unspecified atom stereocenters. The molecule has 0 aliphatic carbocycles. The third kappa shape index (κ3) is 3.35. The van der Waals surface area contributed by atoms with E-state index in [1.165, 1.54) is 18.3 Å². The number of aromatic carboxylic acids is 1. The van der Waals surface area contributed by atoms with Crippen molar-refractivity contribution in [3.8, 4) is 5.75 Å². The number of rotatable bonds is 3. The molecule has 0 fully saturated rings. The van der Waals surface area contributed by atoms with Crippen LogP contribution in [0.4, 0.5) is 11.5 Å². The summed E-state index contributed by atoms with van der Waals surface area (Å²) in [5.74, 6) is -0.462. The molecule has 0 aliphatic rings. The minimum absolute atomic E-state index is 0.0961. The van der Waals surface area contributed by atoms with E-state index in [1.54, 1.807) is 28.7 Å². The number of carboxylic acids is 1. The first kappa shape index (κ1) is 16.6. The van der Waals surface area contributed by atoms with Crippen molar-refractivity contribution in [2.75, 3.05) is 0 Å². The summed E-state index contributed by atoms with van der Waals surface area (Å²) < 4.78 is 1.62. The first-order valence-electron chi connectivity index (χ1n) is 7.72. The van der Waals surface area contributed by atoms with Crippen LogP contribution in [0.15, 0.2) is 52.8 Å². The van der Waals surface area contributed by atoms with Gasteiger partial charge in [-0.2, -0.15) is 0 Å². The highest BCUT2D eigenvalue weighted by Gasteiger charge is 2.24. The molecular formula is C18H18N4O3. The van der Waals surface area contributed by atoms with Gasteiger partial charge in [0.05, 0.1) is 16.9 Å². The van der Waals surface area contributed by atoms with Crippen LogP contribution in [0, 0.1) is 0 Å². The molecule has 0 radical (unpaired) electrons. The molecule has 3 rings (SSSR count). The number of azo groups is 1. The molecule has 1 aromatic carbocycles. The van der Waals surface area contributed by atoms with Crippen LogP contribution < -0.4 is 0 Å². The van der Waals surface area contributed by atoms with E-state index < -0.39 is 5.97 Å². The largest absolute Gasteiger partial charge is 0.508 e. The third-order valence-electron chi connectivity index (χ3n) is 3.64. The highest BCUT2D eigenvalue weighted by atomic mass is 16.4. The van der Waals surface area contributed by atoms with Crippen molar-refractivity contribution in [3.05, 3.63) is 53.9 Å². The van der Waals surface area contributed by atoms with E-state index >= 15 is 0 Å². The molecule has 7 heteroatoms. The number of hydrogen-bond donors (Lipinski definition) is 2. The fraction of sp³-hybridized carbons (Fsp3) is 0.222. The number of phenolic OH excluding ortho intramolecular Hbond substituents is 1. The second kappa shape index (κ2) is 6.01. The zero-order valence-corrected chi connectivity index (χ0v) is 14.1. The average Bonchev–Trinajstić information content (AvgIpc) is 2.91. The minimum atomic E-state index is -1.02. The van der Waals surface area contributed by atoms with Crippen LogP contribution in [0.2, 0.25) is 0 Å². The van der Waals surface area contributed by atoms with Crippen LogP contribution in [-0.2, 0) is 5.41 Å². The number of phenols is 1.